The van der Waals surface area contributed by atoms with Crippen LogP contribution in [0.15, 0.2) is 23.6 Å². The molecule has 1 aromatic carbocycles. The van der Waals surface area contributed by atoms with Crippen LogP contribution in [-0.2, 0) is 0 Å². The third-order valence-corrected chi connectivity index (χ3v) is 4.72. The Balaban J connectivity index is 2.43. The molecular formula is C11H10BrClOS. The standard InChI is InChI=1S/C11H10BrClOS/c12-10-6-15-11(3-4-13)8-2-1-7(14)5-9(8)10/h1-2,5-6,11,14H,3-4H2. The molecule has 1 unspecified atom stereocenters. The fourth-order valence-electron chi connectivity index (χ4n) is 1.63. The van der Waals surface area contributed by atoms with Gasteiger partial charge in [0.1, 0.15) is 5.75 Å². The number of hydrogen-bond acceptors (Lipinski definition) is 2. The number of benzene rings is 1. The van der Waals surface area contributed by atoms with Crippen molar-refractivity contribution in [1.29, 1.82) is 0 Å². The van der Waals surface area contributed by atoms with Crippen LogP contribution in [0.5, 0.6) is 5.75 Å². The third kappa shape index (κ3) is 2.35. The van der Waals surface area contributed by atoms with Gasteiger partial charge >= 0.3 is 0 Å². The maximum atomic E-state index is 9.44. The van der Waals surface area contributed by atoms with E-state index >= 15 is 0 Å². The molecule has 0 spiro atoms. The van der Waals surface area contributed by atoms with E-state index < -0.39 is 0 Å². The molecule has 1 heterocycles. The van der Waals surface area contributed by atoms with Gasteiger partial charge in [-0.3, -0.25) is 0 Å². The number of aromatic hydroxyl groups is 1. The van der Waals surface area contributed by atoms with Crippen LogP contribution in [-0.4, -0.2) is 11.0 Å². The predicted octanol–water partition coefficient (Wildman–Crippen LogP) is 4.50. The summed E-state index contributed by atoms with van der Waals surface area (Å²) in [7, 11) is 0. The molecule has 0 saturated carbocycles. The van der Waals surface area contributed by atoms with Crippen molar-refractivity contribution in [2.24, 2.45) is 0 Å². The first-order chi connectivity index (χ1) is 7.22. The van der Waals surface area contributed by atoms with Crippen molar-refractivity contribution in [3.05, 3.63) is 34.7 Å². The summed E-state index contributed by atoms with van der Waals surface area (Å²) in [5.41, 5.74) is 2.32. The molecule has 1 nitrogen and oxygen atoms in total. The minimum atomic E-state index is 0.302. The maximum absolute atomic E-state index is 9.44. The Morgan fingerprint density at radius 1 is 1.47 bits per heavy atom. The first-order valence-corrected chi connectivity index (χ1v) is 6.90. The molecule has 0 aliphatic carbocycles. The van der Waals surface area contributed by atoms with Crippen LogP contribution in [0.3, 0.4) is 0 Å². The van der Waals surface area contributed by atoms with Crippen molar-refractivity contribution in [3.8, 4) is 5.75 Å². The highest BCUT2D eigenvalue weighted by atomic mass is 79.9. The van der Waals surface area contributed by atoms with E-state index in [1.165, 1.54) is 5.56 Å². The van der Waals surface area contributed by atoms with Gasteiger partial charge in [-0.05, 0) is 51.0 Å². The van der Waals surface area contributed by atoms with Crippen LogP contribution in [0.2, 0.25) is 0 Å². The third-order valence-electron chi connectivity index (χ3n) is 2.35. The van der Waals surface area contributed by atoms with E-state index in [4.69, 9.17) is 11.6 Å². The van der Waals surface area contributed by atoms with E-state index in [-0.39, 0.29) is 0 Å². The highest BCUT2D eigenvalue weighted by molar-refractivity contribution is 9.15. The number of alkyl halides is 1. The largest absolute Gasteiger partial charge is 0.508 e. The van der Waals surface area contributed by atoms with Crippen molar-refractivity contribution < 1.29 is 5.11 Å². The molecule has 80 valence electrons. The van der Waals surface area contributed by atoms with E-state index in [1.54, 1.807) is 23.9 Å². The highest BCUT2D eigenvalue weighted by Gasteiger charge is 2.20. The van der Waals surface area contributed by atoms with Gasteiger partial charge in [-0.2, -0.15) is 0 Å². The SMILES string of the molecule is Oc1ccc2c(c1)C(Br)=CSC2CCCl. The summed E-state index contributed by atoms with van der Waals surface area (Å²) in [5, 5.41) is 11.9. The zero-order valence-corrected chi connectivity index (χ0v) is 11.1. The monoisotopic (exact) mass is 304 g/mol. The molecule has 0 saturated heterocycles. The lowest BCUT2D eigenvalue weighted by atomic mass is 10.0. The lowest BCUT2D eigenvalue weighted by molar-refractivity contribution is 0.475. The van der Waals surface area contributed by atoms with Gasteiger partial charge in [0.15, 0.2) is 0 Å². The number of fused-ring (bicyclic) bond motifs is 1. The van der Waals surface area contributed by atoms with Crippen LogP contribution in [0.4, 0.5) is 0 Å². The van der Waals surface area contributed by atoms with E-state index in [1.807, 2.05) is 6.07 Å². The number of halogens is 2. The fraction of sp³-hybridized carbons (Fsp3) is 0.273. The molecule has 0 fully saturated rings. The number of phenolic OH excluding ortho intramolecular Hbond substituents is 1. The summed E-state index contributed by atoms with van der Waals surface area (Å²) in [4.78, 5) is 0. The summed E-state index contributed by atoms with van der Waals surface area (Å²) >= 11 is 11.0. The van der Waals surface area contributed by atoms with E-state index in [0.717, 1.165) is 16.5 Å². The van der Waals surface area contributed by atoms with E-state index in [2.05, 4.69) is 21.3 Å². The summed E-state index contributed by atoms with van der Waals surface area (Å²) in [6.45, 7) is 0. The Bertz CT molecular complexity index is 406. The minimum absolute atomic E-state index is 0.302. The minimum Gasteiger partial charge on any atom is -0.508 e. The van der Waals surface area contributed by atoms with Gasteiger partial charge in [0.05, 0.1) is 0 Å². The highest BCUT2D eigenvalue weighted by Crippen LogP contribution is 2.45. The average molecular weight is 306 g/mol. The van der Waals surface area contributed by atoms with Crippen LogP contribution < -0.4 is 0 Å². The zero-order chi connectivity index (χ0) is 10.8. The molecule has 1 atom stereocenters. The van der Waals surface area contributed by atoms with Gasteiger partial charge in [-0.25, -0.2) is 0 Å². The maximum Gasteiger partial charge on any atom is 0.116 e. The Kier molecular flexibility index (Phi) is 3.65. The second-order valence-electron chi connectivity index (χ2n) is 3.34. The second-order valence-corrected chi connectivity index (χ2v) is 5.65. The second kappa shape index (κ2) is 4.81. The molecule has 2 rings (SSSR count). The van der Waals surface area contributed by atoms with Crippen molar-refractivity contribution in [2.45, 2.75) is 11.7 Å². The molecule has 0 aromatic heterocycles. The summed E-state index contributed by atoms with van der Waals surface area (Å²) in [6.07, 6.45) is 0.945. The van der Waals surface area contributed by atoms with Crippen molar-refractivity contribution in [1.82, 2.24) is 0 Å². The van der Waals surface area contributed by atoms with Crippen molar-refractivity contribution in [3.63, 3.8) is 0 Å². The Morgan fingerprint density at radius 2 is 2.27 bits per heavy atom. The first-order valence-electron chi connectivity index (χ1n) is 4.62. The molecule has 1 aromatic rings. The smallest absolute Gasteiger partial charge is 0.116 e. The topological polar surface area (TPSA) is 20.2 Å². The van der Waals surface area contributed by atoms with Gasteiger partial charge in [-0.15, -0.1) is 23.4 Å². The van der Waals surface area contributed by atoms with Gasteiger partial charge in [0.2, 0.25) is 0 Å². The molecule has 4 heteroatoms. The lowest BCUT2D eigenvalue weighted by Gasteiger charge is -2.22. The Hall–Kier alpha value is -0.120. The number of hydrogen-bond donors (Lipinski definition) is 1. The molecule has 0 bridgehead atoms. The molecular weight excluding hydrogens is 296 g/mol. The van der Waals surface area contributed by atoms with Gasteiger partial charge < -0.3 is 5.11 Å². The van der Waals surface area contributed by atoms with Crippen molar-refractivity contribution >= 4 is 43.8 Å². The molecule has 0 amide bonds. The normalized spacial score (nSPS) is 19.6. The van der Waals surface area contributed by atoms with Crippen molar-refractivity contribution in [2.75, 3.05) is 5.88 Å². The van der Waals surface area contributed by atoms with E-state index in [0.29, 0.717) is 16.9 Å². The van der Waals surface area contributed by atoms with Crippen LogP contribution in [0.1, 0.15) is 22.8 Å². The Labute approximate surface area is 107 Å². The predicted molar refractivity (Wildman–Crippen MR) is 70.7 cm³/mol. The molecule has 1 aliphatic rings. The van der Waals surface area contributed by atoms with Gasteiger partial charge in [-0.1, -0.05) is 6.07 Å². The first kappa shape index (κ1) is 11.4. The molecule has 1 N–H and O–H groups in total. The molecule has 1 aliphatic heterocycles. The number of thioether (sulfide) groups is 1. The van der Waals surface area contributed by atoms with Crippen LogP contribution >= 0.6 is 39.3 Å². The number of phenols is 1. The van der Waals surface area contributed by atoms with Gasteiger partial charge in [0.25, 0.3) is 0 Å². The summed E-state index contributed by atoms with van der Waals surface area (Å²) < 4.78 is 1.03. The zero-order valence-electron chi connectivity index (χ0n) is 7.91. The quantitative estimate of drug-likeness (QED) is 0.812. The summed E-state index contributed by atoms with van der Waals surface area (Å²) in [6, 6.07) is 5.49. The average Bonchev–Trinajstić information content (AvgIpc) is 2.23. The van der Waals surface area contributed by atoms with E-state index in [9.17, 15) is 5.11 Å². The lowest BCUT2D eigenvalue weighted by Crippen LogP contribution is -2.01. The summed E-state index contributed by atoms with van der Waals surface area (Å²) in [5.74, 6) is 0.958. The van der Waals surface area contributed by atoms with Crippen LogP contribution in [0.25, 0.3) is 4.48 Å². The molecule has 0 radical (unpaired) electrons. The fourth-order valence-corrected chi connectivity index (χ4v) is 3.66. The molecule has 15 heavy (non-hydrogen) atoms. The van der Waals surface area contributed by atoms with Crippen LogP contribution in [0, 0.1) is 0 Å². The Morgan fingerprint density at radius 3 is 3.00 bits per heavy atom. The number of rotatable bonds is 2. The van der Waals surface area contributed by atoms with Gasteiger partial charge in [0, 0.05) is 15.6 Å².